The van der Waals surface area contributed by atoms with Gasteiger partial charge in [0.25, 0.3) is 0 Å². The maximum absolute atomic E-state index is 12.1. The van der Waals surface area contributed by atoms with Crippen LogP contribution in [0.3, 0.4) is 0 Å². The molecule has 0 saturated carbocycles. The Hall–Kier alpha value is -0.810. The highest BCUT2D eigenvalue weighted by atomic mass is 16.5. The summed E-state index contributed by atoms with van der Waals surface area (Å²) in [7, 11) is 1.90. The molecule has 17 heavy (non-hydrogen) atoms. The number of ether oxygens (including phenoxy) is 1. The van der Waals surface area contributed by atoms with E-state index in [1.54, 1.807) is 0 Å². The molecule has 0 aromatic rings. The van der Waals surface area contributed by atoms with Crippen LogP contribution in [0.15, 0.2) is 0 Å². The van der Waals surface area contributed by atoms with Crippen molar-refractivity contribution in [1.29, 1.82) is 0 Å². The Morgan fingerprint density at radius 1 is 1.18 bits per heavy atom. The first-order valence-electron chi connectivity index (χ1n) is 6.57. The Morgan fingerprint density at radius 2 is 1.82 bits per heavy atom. The van der Waals surface area contributed by atoms with Gasteiger partial charge < -0.3 is 19.4 Å². The van der Waals surface area contributed by atoms with Crippen molar-refractivity contribution in [1.82, 2.24) is 14.7 Å². The number of carbonyl (C=O) groups is 1. The molecule has 98 valence electrons. The van der Waals surface area contributed by atoms with Crippen molar-refractivity contribution < 1.29 is 9.53 Å². The summed E-state index contributed by atoms with van der Waals surface area (Å²) in [6.45, 7) is 7.03. The second-order valence-corrected chi connectivity index (χ2v) is 4.85. The zero-order valence-corrected chi connectivity index (χ0v) is 10.7. The molecular formula is C12H23N3O2. The summed E-state index contributed by atoms with van der Waals surface area (Å²) in [6, 6.07) is 0.146. The summed E-state index contributed by atoms with van der Waals surface area (Å²) in [5, 5.41) is 0. The van der Waals surface area contributed by atoms with E-state index < -0.39 is 0 Å². The lowest BCUT2D eigenvalue weighted by atomic mass is 10.4. The Kier molecular flexibility index (Phi) is 4.62. The molecule has 0 aliphatic carbocycles. The fourth-order valence-electron chi connectivity index (χ4n) is 2.39. The Labute approximate surface area is 103 Å². The van der Waals surface area contributed by atoms with Crippen LogP contribution in [0.2, 0.25) is 0 Å². The molecule has 2 rings (SSSR count). The van der Waals surface area contributed by atoms with E-state index in [0.717, 1.165) is 26.2 Å². The van der Waals surface area contributed by atoms with Crippen LogP contribution in [0.4, 0.5) is 4.79 Å². The van der Waals surface area contributed by atoms with Crippen LogP contribution in [0.1, 0.15) is 12.8 Å². The number of rotatable bonds is 3. The number of hydrogen-bond donors (Lipinski definition) is 0. The van der Waals surface area contributed by atoms with E-state index in [0.29, 0.717) is 13.2 Å². The van der Waals surface area contributed by atoms with Crippen LogP contribution in [0.5, 0.6) is 0 Å². The van der Waals surface area contributed by atoms with Crippen molar-refractivity contribution in [2.45, 2.75) is 12.8 Å². The summed E-state index contributed by atoms with van der Waals surface area (Å²) in [5.74, 6) is 0. The number of amides is 2. The van der Waals surface area contributed by atoms with Gasteiger partial charge in [0.2, 0.25) is 0 Å². The van der Waals surface area contributed by atoms with Crippen LogP contribution in [0.25, 0.3) is 0 Å². The lowest BCUT2D eigenvalue weighted by Crippen LogP contribution is -2.48. The van der Waals surface area contributed by atoms with Gasteiger partial charge in [0.05, 0.1) is 13.2 Å². The Bertz CT molecular complexity index is 248. The zero-order chi connectivity index (χ0) is 12.1. The molecule has 0 spiro atoms. The van der Waals surface area contributed by atoms with E-state index in [-0.39, 0.29) is 6.03 Å². The van der Waals surface area contributed by atoms with E-state index in [4.69, 9.17) is 4.74 Å². The van der Waals surface area contributed by atoms with Crippen LogP contribution in [-0.4, -0.2) is 80.3 Å². The van der Waals surface area contributed by atoms with Gasteiger partial charge in [-0.15, -0.1) is 0 Å². The fourth-order valence-corrected chi connectivity index (χ4v) is 2.39. The fraction of sp³-hybridized carbons (Fsp3) is 0.917. The maximum Gasteiger partial charge on any atom is 0.319 e. The minimum absolute atomic E-state index is 0.146. The van der Waals surface area contributed by atoms with Crippen molar-refractivity contribution in [3.8, 4) is 0 Å². The number of hydrogen-bond acceptors (Lipinski definition) is 3. The molecular weight excluding hydrogens is 218 g/mol. The van der Waals surface area contributed by atoms with E-state index in [1.165, 1.54) is 25.9 Å². The van der Waals surface area contributed by atoms with Crippen molar-refractivity contribution in [2.24, 2.45) is 0 Å². The highest BCUT2D eigenvalue weighted by Crippen LogP contribution is 2.07. The molecule has 2 saturated heterocycles. The van der Waals surface area contributed by atoms with Gasteiger partial charge in [-0.3, -0.25) is 0 Å². The number of morpholine rings is 1. The first kappa shape index (κ1) is 12.6. The maximum atomic E-state index is 12.1. The normalized spacial score (nSPS) is 21.8. The number of nitrogens with zero attached hydrogens (tertiary/aromatic N) is 3. The molecule has 2 fully saturated rings. The molecule has 0 unspecified atom stereocenters. The molecule has 0 aromatic carbocycles. The molecule has 5 nitrogen and oxygen atoms in total. The predicted molar refractivity (Wildman–Crippen MR) is 66.1 cm³/mol. The van der Waals surface area contributed by atoms with Crippen LogP contribution < -0.4 is 0 Å². The van der Waals surface area contributed by atoms with E-state index in [2.05, 4.69) is 4.90 Å². The molecule has 2 aliphatic heterocycles. The van der Waals surface area contributed by atoms with Crippen LogP contribution >= 0.6 is 0 Å². The Balaban J connectivity index is 1.70. The van der Waals surface area contributed by atoms with Crippen molar-refractivity contribution >= 4 is 6.03 Å². The molecule has 5 heteroatoms. The summed E-state index contributed by atoms with van der Waals surface area (Å²) >= 11 is 0. The first-order valence-corrected chi connectivity index (χ1v) is 6.57. The summed E-state index contributed by atoms with van der Waals surface area (Å²) in [5.41, 5.74) is 0. The average molecular weight is 241 g/mol. The minimum atomic E-state index is 0.146. The summed E-state index contributed by atoms with van der Waals surface area (Å²) < 4.78 is 5.25. The highest BCUT2D eigenvalue weighted by molar-refractivity contribution is 5.74. The standard InChI is InChI=1S/C12H23N3O2/c1-13(6-7-14-4-2-3-5-14)12(16)15-8-10-17-11-9-15/h2-11H2,1H3. The van der Waals surface area contributed by atoms with E-state index in [9.17, 15) is 4.79 Å². The van der Waals surface area contributed by atoms with Crippen molar-refractivity contribution in [3.05, 3.63) is 0 Å². The first-order chi connectivity index (χ1) is 8.27. The summed E-state index contributed by atoms with van der Waals surface area (Å²) in [4.78, 5) is 18.2. The zero-order valence-electron chi connectivity index (χ0n) is 10.7. The van der Waals surface area contributed by atoms with Gasteiger partial charge in [0.15, 0.2) is 0 Å². The molecule has 0 N–H and O–H groups in total. The molecule has 0 bridgehead atoms. The third kappa shape index (κ3) is 3.57. The largest absolute Gasteiger partial charge is 0.378 e. The quantitative estimate of drug-likeness (QED) is 0.720. The smallest absolute Gasteiger partial charge is 0.319 e. The predicted octanol–water partition coefficient (Wildman–Crippen LogP) is 0.466. The Morgan fingerprint density at radius 3 is 2.47 bits per heavy atom. The molecule has 2 amide bonds. The minimum Gasteiger partial charge on any atom is -0.378 e. The number of likely N-dealkylation sites (tertiary alicyclic amines) is 1. The molecule has 0 atom stereocenters. The number of urea groups is 1. The highest BCUT2D eigenvalue weighted by Gasteiger charge is 2.21. The van der Waals surface area contributed by atoms with Crippen LogP contribution in [0, 0.1) is 0 Å². The molecule has 0 aromatic heterocycles. The van der Waals surface area contributed by atoms with Gasteiger partial charge in [0, 0.05) is 33.2 Å². The summed E-state index contributed by atoms with van der Waals surface area (Å²) in [6.07, 6.45) is 2.61. The lowest BCUT2D eigenvalue weighted by Gasteiger charge is -2.31. The van der Waals surface area contributed by atoms with Gasteiger partial charge >= 0.3 is 6.03 Å². The number of carbonyl (C=O) groups excluding carboxylic acids is 1. The van der Waals surface area contributed by atoms with Gasteiger partial charge in [-0.1, -0.05) is 0 Å². The topological polar surface area (TPSA) is 36.0 Å². The molecule has 0 radical (unpaired) electrons. The third-order valence-electron chi connectivity index (χ3n) is 3.56. The second kappa shape index (κ2) is 6.21. The van der Waals surface area contributed by atoms with E-state index >= 15 is 0 Å². The molecule has 2 aliphatic rings. The van der Waals surface area contributed by atoms with Crippen molar-refractivity contribution in [3.63, 3.8) is 0 Å². The van der Waals surface area contributed by atoms with Gasteiger partial charge in [0.1, 0.15) is 0 Å². The van der Waals surface area contributed by atoms with Gasteiger partial charge in [-0.05, 0) is 25.9 Å². The average Bonchev–Trinajstić information content (AvgIpc) is 2.89. The molecule has 2 heterocycles. The number of likely N-dealkylation sites (N-methyl/N-ethyl adjacent to an activating group) is 1. The van der Waals surface area contributed by atoms with Gasteiger partial charge in [-0.2, -0.15) is 0 Å². The van der Waals surface area contributed by atoms with Crippen molar-refractivity contribution in [2.75, 3.05) is 59.5 Å². The third-order valence-corrected chi connectivity index (χ3v) is 3.56. The van der Waals surface area contributed by atoms with Gasteiger partial charge in [-0.25, -0.2) is 4.79 Å². The SMILES string of the molecule is CN(CCN1CCCC1)C(=O)N1CCOCC1. The van der Waals surface area contributed by atoms with E-state index in [1.807, 2.05) is 16.8 Å². The lowest BCUT2D eigenvalue weighted by molar-refractivity contribution is 0.0448. The van der Waals surface area contributed by atoms with Crippen LogP contribution in [-0.2, 0) is 4.74 Å². The second-order valence-electron chi connectivity index (χ2n) is 4.85. The monoisotopic (exact) mass is 241 g/mol.